The highest BCUT2D eigenvalue weighted by molar-refractivity contribution is 5.66. The SMILES string of the molecule is CCC(O)CCCC(C)C(C)OC(C)=O. The van der Waals surface area contributed by atoms with Gasteiger partial charge in [0.25, 0.3) is 0 Å². The first kappa shape index (κ1) is 14.4. The molecule has 3 unspecified atom stereocenters. The van der Waals surface area contributed by atoms with Crippen molar-refractivity contribution in [2.24, 2.45) is 5.92 Å². The van der Waals surface area contributed by atoms with Crippen molar-refractivity contribution in [1.29, 1.82) is 0 Å². The predicted octanol–water partition coefficient (Wildman–Crippen LogP) is 2.52. The van der Waals surface area contributed by atoms with Crippen LogP contribution in [0, 0.1) is 5.92 Å². The van der Waals surface area contributed by atoms with E-state index in [1.807, 2.05) is 13.8 Å². The van der Waals surface area contributed by atoms with Gasteiger partial charge in [-0.1, -0.05) is 20.3 Å². The molecule has 0 bridgehead atoms. The van der Waals surface area contributed by atoms with Crippen LogP contribution in [0.3, 0.4) is 0 Å². The summed E-state index contributed by atoms with van der Waals surface area (Å²) in [5.41, 5.74) is 0. The van der Waals surface area contributed by atoms with E-state index in [1.165, 1.54) is 6.92 Å². The number of aliphatic hydroxyl groups excluding tert-OH is 1. The number of hydrogen-bond acceptors (Lipinski definition) is 3. The van der Waals surface area contributed by atoms with Crippen molar-refractivity contribution in [1.82, 2.24) is 0 Å². The standard InChI is InChI=1S/C12H24O3/c1-5-12(14)8-6-7-9(2)10(3)15-11(4)13/h9-10,12,14H,5-8H2,1-4H3. The summed E-state index contributed by atoms with van der Waals surface area (Å²) < 4.78 is 5.09. The molecule has 3 heteroatoms. The third-order valence-electron chi connectivity index (χ3n) is 2.82. The fraction of sp³-hybridized carbons (Fsp3) is 0.917. The lowest BCUT2D eigenvalue weighted by Gasteiger charge is -2.20. The number of carbonyl (C=O) groups excluding carboxylic acids is 1. The van der Waals surface area contributed by atoms with Gasteiger partial charge in [0.05, 0.1) is 6.10 Å². The maximum Gasteiger partial charge on any atom is 0.302 e. The number of ether oxygens (including phenoxy) is 1. The number of rotatable bonds is 7. The van der Waals surface area contributed by atoms with Gasteiger partial charge in [0.15, 0.2) is 0 Å². The highest BCUT2D eigenvalue weighted by atomic mass is 16.5. The molecular weight excluding hydrogens is 192 g/mol. The Hall–Kier alpha value is -0.570. The molecule has 1 N–H and O–H groups in total. The van der Waals surface area contributed by atoms with Gasteiger partial charge < -0.3 is 9.84 Å². The van der Waals surface area contributed by atoms with Crippen molar-refractivity contribution in [2.75, 3.05) is 0 Å². The van der Waals surface area contributed by atoms with E-state index in [0.29, 0.717) is 5.92 Å². The smallest absolute Gasteiger partial charge is 0.302 e. The van der Waals surface area contributed by atoms with Crippen LogP contribution in [0.1, 0.15) is 53.4 Å². The summed E-state index contributed by atoms with van der Waals surface area (Å²) in [4.78, 5) is 10.7. The molecule has 0 spiro atoms. The molecule has 0 aliphatic rings. The van der Waals surface area contributed by atoms with Crippen molar-refractivity contribution in [3.8, 4) is 0 Å². The van der Waals surface area contributed by atoms with Gasteiger partial charge in [-0.25, -0.2) is 0 Å². The molecule has 0 aromatic carbocycles. The average Bonchev–Trinajstić information content (AvgIpc) is 2.16. The Kier molecular flexibility index (Phi) is 7.39. The van der Waals surface area contributed by atoms with Gasteiger partial charge in [0, 0.05) is 6.92 Å². The van der Waals surface area contributed by atoms with Crippen molar-refractivity contribution >= 4 is 5.97 Å². The van der Waals surface area contributed by atoms with Crippen molar-refractivity contribution in [3.63, 3.8) is 0 Å². The van der Waals surface area contributed by atoms with Crippen LogP contribution < -0.4 is 0 Å². The summed E-state index contributed by atoms with van der Waals surface area (Å²) in [6.07, 6.45) is 3.43. The second-order valence-corrected chi connectivity index (χ2v) is 4.28. The second kappa shape index (κ2) is 7.69. The Balaban J connectivity index is 3.63. The molecule has 3 atom stereocenters. The molecule has 0 rings (SSSR count). The van der Waals surface area contributed by atoms with E-state index in [4.69, 9.17) is 4.74 Å². The number of aliphatic hydroxyl groups is 1. The summed E-state index contributed by atoms with van der Waals surface area (Å²) in [6, 6.07) is 0. The number of esters is 1. The maximum atomic E-state index is 10.7. The predicted molar refractivity (Wildman–Crippen MR) is 60.5 cm³/mol. The number of carbonyl (C=O) groups is 1. The molecule has 0 amide bonds. The molecule has 0 aliphatic carbocycles. The first-order chi connectivity index (χ1) is 6.97. The summed E-state index contributed by atoms with van der Waals surface area (Å²) in [5, 5.41) is 9.37. The molecule has 0 saturated carbocycles. The molecule has 0 fully saturated rings. The van der Waals surface area contributed by atoms with Gasteiger partial charge in [-0.3, -0.25) is 4.79 Å². The number of hydrogen-bond donors (Lipinski definition) is 1. The Bertz CT molecular complexity index is 180. The van der Waals surface area contributed by atoms with Crippen LogP contribution in [0.15, 0.2) is 0 Å². The zero-order chi connectivity index (χ0) is 11.8. The Morgan fingerprint density at radius 2 is 1.93 bits per heavy atom. The summed E-state index contributed by atoms with van der Waals surface area (Å²) >= 11 is 0. The average molecular weight is 216 g/mol. The molecule has 0 aromatic rings. The third kappa shape index (κ3) is 7.37. The van der Waals surface area contributed by atoms with E-state index >= 15 is 0 Å². The van der Waals surface area contributed by atoms with Crippen molar-refractivity contribution in [2.45, 2.75) is 65.6 Å². The molecule has 0 heterocycles. The van der Waals surface area contributed by atoms with Crippen LogP contribution in [-0.4, -0.2) is 23.3 Å². The highest BCUT2D eigenvalue weighted by Gasteiger charge is 2.14. The third-order valence-corrected chi connectivity index (χ3v) is 2.82. The zero-order valence-electron chi connectivity index (χ0n) is 10.3. The lowest BCUT2D eigenvalue weighted by atomic mass is 9.97. The maximum absolute atomic E-state index is 10.7. The fourth-order valence-corrected chi connectivity index (χ4v) is 1.49. The highest BCUT2D eigenvalue weighted by Crippen LogP contribution is 2.16. The van der Waals surface area contributed by atoms with Gasteiger partial charge in [0.2, 0.25) is 0 Å². The normalized spacial score (nSPS) is 16.9. The van der Waals surface area contributed by atoms with E-state index in [9.17, 15) is 9.90 Å². The molecular formula is C12H24O3. The minimum absolute atomic E-state index is 0.0266. The molecule has 0 radical (unpaired) electrons. The van der Waals surface area contributed by atoms with Crippen molar-refractivity contribution < 1.29 is 14.6 Å². The molecule has 15 heavy (non-hydrogen) atoms. The van der Waals surface area contributed by atoms with Gasteiger partial charge in [0.1, 0.15) is 6.10 Å². The minimum Gasteiger partial charge on any atom is -0.463 e. The van der Waals surface area contributed by atoms with Gasteiger partial charge in [-0.2, -0.15) is 0 Å². The van der Waals surface area contributed by atoms with Crippen LogP contribution in [-0.2, 0) is 9.53 Å². The van der Waals surface area contributed by atoms with Crippen molar-refractivity contribution in [3.05, 3.63) is 0 Å². The van der Waals surface area contributed by atoms with Crippen LogP contribution in [0.4, 0.5) is 0 Å². The molecule has 0 saturated heterocycles. The van der Waals surface area contributed by atoms with E-state index in [1.54, 1.807) is 0 Å². The van der Waals surface area contributed by atoms with Gasteiger partial charge in [-0.15, -0.1) is 0 Å². The molecule has 90 valence electrons. The Labute approximate surface area is 92.8 Å². The van der Waals surface area contributed by atoms with Crippen LogP contribution in [0.2, 0.25) is 0 Å². The summed E-state index contributed by atoms with van der Waals surface area (Å²) in [6.45, 7) is 7.41. The Morgan fingerprint density at radius 1 is 1.33 bits per heavy atom. The van der Waals surface area contributed by atoms with Crippen LogP contribution in [0.25, 0.3) is 0 Å². The fourth-order valence-electron chi connectivity index (χ4n) is 1.49. The molecule has 3 nitrogen and oxygen atoms in total. The first-order valence-corrected chi connectivity index (χ1v) is 5.82. The van der Waals surface area contributed by atoms with Crippen LogP contribution in [0.5, 0.6) is 0 Å². The monoisotopic (exact) mass is 216 g/mol. The second-order valence-electron chi connectivity index (χ2n) is 4.28. The topological polar surface area (TPSA) is 46.5 Å². The van der Waals surface area contributed by atoms with Gasteiger partial charge >= 0.3 is 5.97 Å². The summed E-state index contributed by atoms with van der Waals surface area (Å²) in [7, 11) is 0. The molecule has 0 aliphatic heterocycles. The zero-order valence-corrected chi connectivity index (χ0v) is 10.3. The summed E-state index contributed by atoms with van der Waals surface area (Å²) in [5.74, 6) is 0.140. The quantitative estimate of drug-likeness (QED) is 0.665. The molecule has 0 aromatic heterocycles. The minimum atomic E-state index is -0.219. The van der Waals surface area contributed by atoms with Crippen LogP contribution >= 0.6 is 0 Å². The lowest BCUT2D eigenvalue weighted by Crippen LogP contribution is -2.21. The van der Waals surface area contributed by atoms with E-state index < -0.39 is 0 Å². The van der Waals surface area contributed by atoms with Gasteiger partial charge in [-0.05, 0) is 32.1 Å². The lowest BCUT2D eigenvalue weighted by molar-refractivity contribution is -0.147. The van der Waals surface area contributed by atoms with E-state index in [0.717, 1.165) is 25.7 Å². The first-order valence-electron chi connectivity index (χ1n) is 5.82. The largest absolute Gasteiger partial charge is 0.463 e. The van der Waals surface area contributed by atoms with E-state index in [2.05, 4.69) is 6.92 Å². The Morgan fingerprint density at radius 3 is 2.40 bits per heavy atom. The van der Waals surface area contributed by atoms with E-state index in [-0.39, 0.29) is 18.2 Å².